The Balaban J connectivity index is 2.55. The van der Waals surface area contributed by atoms with Crippen molar-refractivity contribution in [3.8, 4) is 6.07 Å². The monoisotopic (exact) mass is 236 g/mol. The number of rotatable bonds is 7. The molecule has 0 aromatic heterocycles. The smallest absolute Gasteiger partial charge is 0.123 e. The van der Waals surface area contributed by atoms with E-state index in [9.17, 15) is 4.39 Å². The van der Waals surface area contributed by atoms with E-state index in [0.29, 0.717) is 26.1 Å². The Bertz CT molecular complexity index is 376. The van der Waals surface area contributed by atoms with Crippen LogP contribution < -0.4 is 0 Å². The van der Waals surface area contributed by atoms with Gasteiger partial charge in [-0.25, -0.2) is 4.39 Å². The zero-order chi connectivity index (χ0) is 12.5. The summed E-state index contributed by atoms with van der Waals surface area (Å²) in [6, 6.07) is 8.65. The first-order valence-corrected chi connectivity index (χ1v) is 5.59. The Kier molecular flexibility index (Phi) is 6.23. The number of hydrogen-bond donors (Lipinski definition) is 0. The molecule has 17 heavy (non-hydrogen) atoms. The lowest BCUT2D eigenvalue weighted by Crippen LogP contribution is -2.28. The zero-order valence-corrected chi connectivity index (χ0v) is 10.0. The number of methoxy groups -OCH3 is 1. The zero-order valence-electron chi connectivity index (χ0n) is 10.0. The van der Waals surface area contributed by atoms with Crippen molar-refractivity contribution >= 4 is 0 Å². The SMILES string of the molecule is COCCN(CCC#N)Cc1cccc(F)c1. The van der Waals surface area contributed by atoms with Gasteiger partial charge in [-0.1, -0.05) is 12.1 Å². The number of halogens is 1. The normalized spacial score (nSPS) is 10.5. The van der Waals surface area contributed by atoms with Gasteiger partial charge in [-0.3, -0.25) is 4.90 Å². The molecule has 0 atom stereocenters. The van der Waals surface area contributed by atoms with Crippen LogP contribution in [0.15, 0.2) is 24.3 Å². The van der Waals surface area contributed by atoms with Crippen molar-refractivity contribution in [3.05, 3.63) is 35.6 Å². The van der Waals surface area contributed by atoms with Crippen LogP contribution in [0.4, 0.5) is 4.39 Å². The van der Waals surface area contributed by atoms with Crippen molar-refractivity contribution < 1.29 is 9.13 Å². The summed E-state index contributed by atoms with van der Waals surface area (Å²) in [4.78, 5) is 2.08. The van der Waals surface area contributed by atoms with Crippen molar-refractivity contribution in [2.75, 3.05) is 26.8 Å². The molecule has 0 heterocycles. The van der Waals surface area contributed by atoms with Crippen LogP contribution in [0.5, 0.6) is 0 Å². The molecule has 0 aliphatic heterocycles. The fourth-order valence-corrected chi connectivity index (χ4v) is 1.59. The van der Waals surface area contributed by atoms with Gasteiger partial charge in [0.15, 0.2) is 0 Å². The summed E-state index contributed by atoms with van der Waals surface area (Å²) in [5.41, 5.74) is 0.916. The predicted molar refractivity (Wildman–Crippen MR) is 63.8 cm³/mol. The van der Waals surface area contributed by atoms with Crippen LogP contribution in [0.3, 0.4) is 0 Å². The summed E-state index contributed by atoms with van der Waals surface area (Å²) in [5.74, 6) is -0.227. The molecule has 0 spiro atoms. The first kappa shape index (κ1) is 13.6. The lowest BCUT2D eigenvalue weighted by molar-refractivity contribution is 0.145. The van der Waals surface area contributed by atoms with Crippen molar-refractivity contribution in [1.82, 2.24) is 4.90 Å². The van der Waals surface area contributed by atoms with Gasteiger partial charge in [-0.2, -0.15) is 5.26 Å². The molecule has 1 aromatic rings. The maximum atomic E-state index is 13.0. The molecule has 3 nitrogen and oxygen atoms in total. The van der Waals surface area contributed by atoms with Gasteiger partial charge in [0, 0.05) is 33.2 Å². The molecule has 0 saturated heterocycles. The van der Waals surface area contributed by atoms with Crippen LogP contribution in [0, 0.1) is 17.1 Å². The topological polar surface area (TPSA) is 36.3 Å². The Morgan fingerprint density at radius 2 is 2.24 bits per heavy atom. The molecular weight excluding hydrogens is 219 g/mol. The number of ether oxygens (including phenoxy) is 1. The maximum Gasteiger partial charge on any atom is 0.123 e. The Hall–Kier alpha value is -1.44. The molecule has 1 aromatic carbocycles. The molecule has 0 radical (unpaired) electrons. The van der Waals surface area contributed by atoms with Crippen molar-refractivity contribution in [2.24, 2.45) is 0 Å². The van der Waals surface area contributed by atoms with Gasteiger partial charge in [0.25, 0.3) is 0 Å². The minimum atomic E-state index is -0.227. The molecule has 0 unspecified atom stereocenters. The summed E-state index contributed by atoms with van der Waals surface area (Å²) in [6.45, 7) is 2.68. The molecule has 0 N–H and O–H groups in total. The maximum absolute atomic E-state index is 13.0. The Morgan fingerprint density at radius 3 is 2.88 bits per heavy atom. The van der Waals surface area contributed by atoms with E-state index in [1.807, 2.05) is 6.07 Å². The van der Waals surface area contributed by atoms with Crippen LogP contribution in [-0.2, 0) is 11.3 Å². The van der Waals surface area contributed by atoms with Gasteiger partial charge < -0.3 is 4.74 Å². The van der Waals surface area contributed by atoms with E-state index < -0.39 is 0 Å². The molecule has 0 saturated carbocycles. The first-order chi connectivity index (χ1) is 8.26. The third-order valence-corrected chi connectivity index (χ3v) is 2.45. The quantitative estimate of drug-likeness (QED) is 0.728. The largest absolute Gasteiger partial charge is 0.383 e. The second-order valence-electron chi connectivity index (χ2n) is 3.81. The number of benzene rings is 1. The summed E-state index contributed by atoms with van der Waals surface area (Å²) in [5, 5.41) is 8.58. The molecular formula is C13H17FN2O. The van der Waals surface area contributed by atoms with Gasteiger partial charge in [0.1, 0.15) is 5.82 Å². The van der Waals surface area contributed by atoms with E-state index in [1.54, 1.807) is 13.2 Å². The lowest BCUT2D eigenvalue weighted by atomic mass is 10.2. The molecule has 1 rings (SSSR count). The van der Waals surface area contributed by atoms with E-state index in [1.165, 1.54) is 12.1 Å². The van der Waals surface area contributed by atoms with Crippen molar-refractivity contribution in [1.29, 1.82) is 5.26 Å². The fraction of sp³-hybridized carbons (Fsp3) is 0.462. The minimum absolute atomic E-state index is 0.227. The summed E-state index contributed by atoms with van der Waals surface area (Å²) in [6.07, 6.45) is 0.471. The highest BCUT2D eigenvalue weighted by atomic mass is 19.1. The van der Waals surface area contributed by atoms with Crippen LogP contribution in [-0.4, -0.2) is 31.7 Å². The molecule has 92 valence electrons. The molecule has 0 aliphatic rings. The second-order valence-corrected chi connectivity index (χ2v) is 3.81. The molecule has 0 amide bonds. The number of nitrogens with zero attached hydrogens (tertiary/aromatic N) is 2. The van der Waals surface area contributed by atoms with Gasteiger partial charge in [-0.05, 0) is 17.7 Å². The van der Waals surface area contributed by atoms with Crippen molar-refractivity contribution in [3.63, 3.8) is 0 Å². The van der Waals surface area contributed by atoms with Crippen LogP contribution in [0.2, 0.25) is 0 Å². The summed E-state index contributed by atoms with van der Waals surface area (Å²) >= 11 is 0. The summed E-state index contributed by atoms with van der Waals surface area (Å²) in [7, 11) is 1.64. The Morgan fingerprint density at radius 1 is 1.41 bits per heavy atom. The standard InChI is InChI=1S/C13H17FN2O/c1-17-9-8-16(7-3-6-15)11-12-4-2-5-13(14)10-12/h2,4-5,10H,3,7-9,11H2,1H3. The van der Waals surface area contributed by atoms with Gasteiger partial charge in [0.05, 0.1) is 12.7 Å². The van der Waals surface area contributed by atoms with E-state index >= 15 is 0 Å². The van der Waals surface area contributed by atoms with E-state index in [-0.39, 0.29) is 5.82 Å². The average molecular weight is 236 g/mol. The number of hydrogen-bond acceptors (Lipinski definition) is 3. The van der Waals surface area contributed by atoms with Gasteiger partial charge >= 0.3 is 0 Å². The molecule has 0 fully saturated rings. The molecule has 0 aliphatic carbocycles. The molecule has 0 bridgehead atoms. The molecule has 4 heteroatoms. The van der Waals surface area contributed by atoms with Crippen LogP contribution in [0.1, 0.15) is 12.0 Å². The van der Waals surface area contributed by atoms with E-state index in [0.717, 1.165) is 12.1 Å². The summed E-state index contributed by atoms with van der Waals surface area (Å²) < 4.78 is 18.0. The fourth-order valence-electron chi connectivity index (χ4n) is 1.59. The van der Waals surface area contributed by atoms with E-state index in [2.05, 4.69) is 11.0 Å². The van der Waals surface area contributed by atoms with Crippen LogP contribution >= 0.6 is 0 Å². The highest BCUT2D eigenvalue weighted by Crippen LogP contribution is 2.07. The van der Waals surface area contributed by atoms with Gasteiger partial charge in [0.2, 0.25) is 0 Å². The minimum Gasteiger partial charge on any atom is -0.383 e. The Labute approximate surface area is 101 Å². The predicted octanol–water partition coefficient (Wildman–Crippen LogP) is 2.19. The highest BCUT2D eigenvalue weighted by molar-refractivity contribution is 5.16. The van der Waals surface area contributed by atoms with Crippen molar-refractivity contribution in [2.45, 2.75) is 13.0 Å². The second kappa shape index (κ2) is 7.77. The third kappa shape index (κ3) is 5.43. The van der Waals surface area contributed by atoms with E-state index in [4.69, 9.17) is 10.00 Å². The lowest BCUT2D eigenvalue weighted by Gasteiger charge is -2.20. The van der Waals surface area contributed by atoms with Gasteiger partial charge in [-0.15, -0.1) is 0 Å². The third-order valence-electron chi connectivity index (χ3n) is 2.45. The average Bonchev–Trinajstić information content (AvgIpc) is 2.32. The number of nitriles is 1. The first-order valence-electron chi connectivity index (χ1n) is 5.59. The highest BCUT2D eigenvalue weighted by Gasteiger charge is 2.06. The van der Waals surface area contributed by atoms with Crippen LogP contribution in [0.25, 0.3) is 0 Å².